The van der Waals surface area contributed by atoms with E-state index in [1.54, 1.807) is 70.5 Å². The summed E-state index contributed by atoms with van der Waals surface area (Å²) in [6, 6.07) is 29.5. The second-order valence-electron chi connectivity index (χ2n) is 10.9. The van der Waals surface area contributed by atoms with Crippen molar-refractivity contribution in [2.45, 2.75) is 12.4 Å². The van der Waals surface area contributed by atoms with E-state index in [0.717, 1.165) is 24.3 Å². The summed E-state index contributed by atoms with van der Waals surface area (Å²) in [5.74, 6) is 0.415. The Hall–Kier alpha value is -6.80. The molecule has 0 spiro atoms. The Morgan fingerprint density at radius 1 is 0.440 bits per heavy atom. The molecule has 1 aliphatic rings. The molecule has 1 aliphatic heterocycles. The summed E-state index contributed by atoms with van der Waals surface area (Å²) in [5.41, 5.74) is -0.887. The minimum absolute atomic E-state index is 0.0525. The molecule has 6 aromatic rings. The van der Waals surface area contributed by atoms with Crippen molar-refractivity contribution in [1.82, 2.24) is 19.9 Å². The average molecular weight is 677 g/mol. The third-order valence-corrected chi connectivity index (χ3v) is 7.78. The molecule has 2 aromatic heterocycles. The molecule has 0 atom stereocenters. The van der Waals surface area contributed by atoms with Gasteiger partial charge in [0.15, 0.2) is 34.7 Å². The van der Waals surface area contributed by atoms with Gasteiger partial charge in [0, 0.05) is 22.5 Å². The van der Waals surface area contributed by atoms with Gasteiger partial charge in [0.2, 0.25) is 0 Å². The van der Waals surface area contributed by atoms with Crippen molar-refractivity contribution in [2.24, 2.45) is 0 Å². The van der Waals surface area contributed by atoms with Crippen LogP contribution in [0.5, 0.6) is 0 Å². The van der Waals surface area contributed by atoms with Crippen molar-refractivity contribution in [3.8, 4) is 34.7 Å². The van der Waals surface area contributed by atoms with Gasteiger partial charge in [-0.25, -0.2) is 19.9 Å². The Bertz CT molecular complexity index is 2150. The maximum Gasteiger partial charge on any atom is 0.416 e. The molecule has 0 amide bonds. The van der Waals surface area contributed by atoms with Crippen LogP contribution in [0.4, 0.5) is 61.0 Å². The molecular weight excluding hydrogens is 658 g/mol. The van der Waals surface area contributed by atoms with E-state index in [1.165, 1.54) is 24.3 Å². The molecule has 3 heterocycles. The van der Waals surface area contributed by atoms with Gasteiger partial charge in [-0.1, -0.05) is 60.7 Å². The highest BCUT2D eigenvalue weighted by atomic mass is 19.4. The molecule has 0 aliphatic carbocycles. The molecule has 14 heteroatoms. The van der Waals surface area contributed by atoms with Gasteiger partial charge in [-0.3, -0.25) is 9.80 Å². The van der Waals surface area contributed by atoms with Crippen molar-refractivity contribution >= 4 is 34.6 Å². The third kappa shape index (κ3) is 5.58. The lowest BCUT2D eigenvalue weighted by Gasteiger charge is -2.37. The van der Waals surface area contributed by atoms with Crippen LogP contribution in [-0.2, 0) is 12.4 Å². The molecule has 4 aromatic carbocycles. The van der Waals surface area contributed by atoms with Gasteiger partial charge < -0.3 is 0 Å². The van der Waals surface area contributed by atoms with Gasteiger partial charge in [-0.05, 0) is 48.5 Å². The van der Waals surface area contributed by atoms with Crippen molar-refractivity contribution in [3.05, 3.63) is 132 Å². The van der Waals surface area contributed by atoms with Crippen molar-refractivity contribution in [3.63, 3.8) is 0 Å². The van der Waals surface area contributed by atoms with E-state index in [9.17, 15) is 36.9 Å². The molecule has 0 N–H and O–H groups in total. The normalized spacial score (nSPS) is 12.5. The molecule has 0 bridgehead atoms. The zero-order valence-electron chi connectivity index (χ0n) is 25.2. The SMILES string of the molecule is N#Cc1nc2c(nc1C#N)N(c1ccccc1)c1nc(-c3ccc(C(F)(F)F)cc3)c(-c3ccc(C(F)(F)F)cc3)nc1N2c1ccccc1. The van der Waals surface area contributed by atoms with Crippen LogP contribution >= 0.6 is 0 Å². The highest BCUT2D eigenvalue weighted by Gasteiger charge is 2.38. The summed E-state index contributed by atoms with van der Waals surface area (Å²) in [6.45, 7) is 0. The van der Waals surface area contributed by atoms with Crippen LogP contribution in [0.25, 0.3) is 22.5 Å². The molecule has 0 radical (unpaired) electrons. The number of nitrogens with zero attached hydrogens (tertiary/aromatic N) is 8. The molecule has 0 saturated carbocycles. The number of aromatic nitrogens is 4. The Morgan fingerprint density at radius 2 is 0.760 bits per heavy atom. The van der Waals surface area contributed by atoms with Gasteiger partial charge in [0.25, 0.3) is 0 Å². The van der Waals surface area contributed by atoms with Crippen molar-refractivity contribution in [2.75, 3.05) is 9.80 Å². The number of anilines is 6. The number of hydrogen-bond donors (Lipinski definition) is 0. The van der Waals surface area contributed by atoms with Crippen molar-refractivity contribution in [1.29, 1.82) is 10.5 Å². The van der Waals surface area contributed by atoms with E-state index in [2.05, 4.69) is 9.97 Å². The molecule has 0 unspecified atom stereocenters. The average Bonchev–Trinajstić information content (AvgIpc) is 3.12. The molecular formula is C36H18F6N8. The van der Waals surface area contributed by atoms with Crippen molar-refractivity contribution < 1.29 is 26.3 Å². The lowest BCUT2D eigenvalue weighted by atomic mass is 10.0. The van der Waals surface area contributed by atoms with Crippen LogP contribution < -0.4 is 9.80 Å². The highest BCUT2D eigenvalue weighted by molar-refractivity contribution is 5.98. The maximum atomic E-state index is 13.5. The highest BCUT2D eigenvalue weighted by Crippen LogP contribution is 2.52. The number of alkyl halides is 6. The minimum Gasteiger partial charge on any atom is -0.273 e. The first-order chi connectivity index (χ1) is 24.0. The van der Waals surface area contributed by atoms with Crippen LogP contribution in [0.3, 0.4) is 0 Å². The summed E-state index contributed by atoms with van der Waals surface area (Å²) < 4.78 is 81.2. The topological polar surface area (TPSA) is 106 Å². The Labute approximate surface area is 279 Å². The monoisotopic (exact) mass is 676 g/mol. The Kier molecular flexibility index (Phi) is 7.64. The zero-order valence-corrected chi connectivity index (χ0v) is 25.2. The van der Waals surface area contributed by atoms with Gasteiger partial charge in [0.05, 0.1) is 22.5 Å². The first kappa shape index (κ1) is 31.8. The van der Waals surface area contributed by atoms with Crippen LogP contribution in [0, 0.1) is 22.7 Å². The molecule has 0 fully saturated rings. The van der Waals surface area contributed by atoms with E-state index >= 15 is 0 Å². The number of hydrogen-bond acceptors (Lipinski definition) is 8. The first-order valence-corrected chi connectivity index (χ1v) is 14.7. The molecule has 7 rings (SSSR count). The van der Waals surface area contributed by atoms with E-state index in [0.29, 0.717) is 11.4 Å². The summed E-state index contributed by atoms with van der Waals surface area (Å²) in [6.07, 6.45) is -9.25. The number of halogens is 6. The Balaban J connectivity index is 1.58. The predicted molar refractivity (Wildman–Crippen MR) is 171 cm³/mol. The lowest BCUT2D eigenvalue weighted by molar-refractivity contribution is -0.138. The standard InChI is InChI=1S/C36H18F6N8/c37-35(38,39)23-15-11-21(12-16-23)29-30(22-13-17-24(18-14-22)36(40,41)42)48-34-33(47-29)49(25-7-3-1-4-8-25)31-32(46-28(20-44)27(19-43)45-31)50(34)26-9-5-2-6-10-26/h1-18H. The van der Waals surface area contributed by atoms with E-state index in [-0.39, 0.29) is 57.2 Å². The maximum absolute atomic E-state index is 13.5. The van der Waals surface area contributed by atoms with Gasteiger partial charge in [-0.2, -0.15) is 36.9 Å². The van der Waals surface area contributed by atoms with Crippen LogP contribution in [-0.4, -0.2) is 19.9 Å². The van der Waals surface area contributed by atoms with E-state index < -0.39 is 23.5 Å². The smallest absolute Gasteiger partial charge is 0.273 e. The fourth-order valence-corrected chi connectivity index (χ4v) is 5.47. The molecule has 244 valence electrons. The number of benzene rings is 4. The second kappa shape index (κ2) is 12.0. The number of nitriles is 2. The summed E-state index contributed by atoms with van der Waals surface area (Å²) in [7, 11) is 0. The summed E-state index contributed by atoms with van der Waals surface area (Å²) >= 11 is 0. The zero-order chi connectivity index (χ0) is 35.2. The number of para-hydroxylation sites is 2. The minimum atomic E-state index is -4.63. The first-order valence-electron chi connectivity index (χ1n) is 14.7. The number of fused-ring (bicyclic) bond motifs is 2. The fourth-order valence-electron chi connectivity index (χ4n) is 5.47. The van der Waals surface area contributed by atoms with E-state index in [1.807, 2.05) is 12.1 Å². The van der Waals surface area contributed by atoms with Crippen LogP contribution in [0.2, 0.25) is 0 Å². The quantitative estimate of drug-likeness (QED) is 0.170. The van der Waals surface area contributed by atoms with Gasteiger partial charge in [-0.15, -0.1) is 0 Å². The summed E-state index contributed by atoms with van der Waals surface area (Å²) in [4.78, 5) is 22.1. The van der Waals surface area contributed by atoms with Gasteiger partial charge in [0.1, 0.15) is 12.1 Å². The summed E-state index contributed by atoms with van der Waals surface area (Å²) in [5, 5.41) is 19.8. The number of rotatable bonds is 4. The van der Waals surface area contributed by atoms with E-state index in [4.69, 9.17) is 9.97 Å². The van der Waals surface area contributed by atoms with Gasteiger partial charge >= 0.3 is 12.4 Å². The fraction of sp³-hybridized carbons (Fsp3) is 0.0556. The third-order valence-electron chi connectivity index (χ3n) is 7.78. The predicted octanol–water partition coefficient (Wildman–Crippen LogP) is 9.63. The molecule has 50 heavy (non-hydrogen) atoms. The molecule has 8 nitrogen and oxygen atoms in total. The lowest BCUT2D eigenvalue weighted by Crippen LogP contribution is -2.29. The molecule has 0 saturated heterocycles. The largest absolute Gasteiger partial charge is 0.416 e. The van der Waals surface area contributed by atoms with Crippen LogP contribution in [0.15, 0.2) is 109 Å². The van der Waals surface area contributed by atoms with Crippen LogP contribution in [0.1, 0.15) is 22.5 Å². The second-order valence-corrected chi connectivity index (χ2v) is 10.9. The Morgan fingerprint density at radius 3 is 1.06 bits per heavy atom.